The molecule has 1 fully saturated rings. The van der Waals surface area contributed by atoms with Crippen molar-refractivity contribution in [1.82, 2.24) is 0 Å². The van der Waals surface area contributed by atoms with Gasteiger partial charge in [0.25, 0.3) is 0 Å². The molecule has 0 N–H and O–H groups in total. The van der Waals surface area contributed by atoms with Crippen LogP contribution >= 0.6 is 69.6 Å². The molecule has 0 radical (unpaired) electrons. The van der Waals surface area contributed by atoms with Crippen LogP contribution in [0, 0.1) is 5.92 Å². The van der Waals surface area contributed by atoms with Gasteiger partial charge in [0.05, 0.1) is 41.6 Å². The van der Waals surface area contributed by atoms with Crippen molar-refractivity contribution in [2.75, 3.05) is 45.1 Å². The van der Waals surface area contributed by atoms with Crippen LogP contribution in [0.2, 0.25) is 0 Å². The lowest BCUT2D eigenvalue weighted by Gasteiger charge is -2.16. The maximum atomic E-state index is 5.78. The fourth-order valence-electron chi connectivity index (χ4n) is 1.55. The molecule has 9 heteroatoms. The first kappa shape index (κ1) is 28.8. The van der Waals surface area contributed by atoms with E-state index >= 15 is 0 Å². The van der Waals surface area contributed by atoms with Gasteiger partial charge in [0, 0.05) is 31.9 Å². The highest BCUT2D eigenvalue weighted by molar-refractivity contribution is 6.29. The molecule has 154 valence electrons. The largest absolute Gasteiger partial charge is 0.384 e. The van der Waals surface area contributed by atoms with Crippen LogP contribution in [0.3, 0.4) is 0 Å². The maximum absolute atomic E-state index is 5.78. The minimum absolute atomic E-state index is 0.0293. The Morgan fingerprint density at radius 1 is 1.00 bits per heavy atom. The van der Waals surface area contributed by atoms with Gasteiger partial charge in [-0.2, -0.15) is 0 Å². The van der Waals surface area contributed by atoms with Crippen LogP contribution in [-0.2, 0) is 14.2 Å². The average molecular weight is 483 g/mol. The molecule has 0 saturated carbocycles. The summed E-state index contributed by atoms with van der Waals surface area (Å²) in [6.07, 6.45) is 1.26. The second-order valence-corrected chi connectivity index (χ2v) is 8.11. The third kappa shape index (κ3) is 16.3. The van der Waals surface area contributed by atoms with Crippen molar-refractivity contribution < 1.29 is 14.2 Å². The molecule has 1 rings (SSSR count). The van der Waals surface area contributed by atoms with E-state index in [-0.39, 0.29) is 28.3 Å². The minimum atomic E-state index is -0.0540. The summed E-state index contributed by atoms with van der Waals surface area (Å²) in [6, 6.07) is 0. The summed E-state index contributed by atoms with van der Waals surface area (Å²) in [5, 5.41) is 0.00921. The molecule has 1 saturated heterocycles. The topological polar surface area (TPSA) is 31.0 Å². The number of epoxide rings is 1. The van der Waals surface area contributed by atoms with Crippen molar-refractivity contribution >= 4 is 69.6 Å². The van der Waals surface area contributed by atoms with Crippen LogP contribution in [0.1, 0.15) is 20.3 Å². The summed E-state index contributed by atoms with van der Waals surface area (Å²) >= 11 is 33.5. The predicted octanol–water partition coefficient (Wildman–Crippen LogP) is 5.60. The predicted molar refractivity (Wildman–Crippen MR) is 113 cm³/mol. The summed E-state index contributed by atoms with van der Waals surface area (Å²) in [7, 11) is 3.31. The van der Waals surface area contributed by atoms with Crippen LogP contribution < -0.4 is 0 Å². The van der Waals surface area contributed by atoms with Gasteiger partial charge < -0.3 is 14.2 Å². The van der Waals surface area contributed by atoms with E-state index in [1.165, 1.54) is 0 Å². The van der Waals surface area contributed by atoms with E-state index in [0.717, 1.165) is 13.0 Å². The molecule has 3 nitrogen and oxygen atoms in total. The lowest BCUT2D eigenvalue weighted by Crippen LogP contribution is -2.23. The zero-order valence-electron chi connectivity index (χ0n) is 15.2. The third-order valence-electron chi connectivity index (χ3n) is 3.36. The number of alkyl halides is 6. The Hall–Kier alpha value is 1.62. The van der Waals surface area contributed by atoms with Crippen LogP contribution in [0.15, 0.2) is 0 Å². The Bertz CT molecular complexity index is 281. The fourth-order valence-corrected chi connectivity index (χ4v) is 2.75. The third-order valence-corrected chi connectivity index (χ3v) is 6.29. The summed E-state index contributed by atoms with van der Waals surface area (Å²) < 4.78 is 14.8. The highest BCUT2D eigenvalue weighted by Gasteiger charge is 2.30. The quantitative estimate of drug-likeness (QED) is 0.300. The van der Waals surface area contributed by atoms with E-state index in [2.05, 4.69) is 0 Å². The van der Waals surface area contributed by atoms with E-state index in [9.17, 15) is 0 Å². The lowest BCUT2D eigenvalue weighted by molar-refractivity contribution is 0.0999. The molecule has 0 bridgehead atoms. The Morgan fingerprint density at radius 3 is 1.72 bits per heavy atom. The first-order chi connectivity index (χ1) is 11.8. The van der Waals surface area contributed by atoms with Crippen molar-refractivity contribution in [3.63, 3.8) is 0 Å². The van der Waals surface area contributed by atoms with Crippen molar-refractivity contribution in [3.05, 3.63) is 0 Å². The number of hydrogen-bond donors (Lipinski definition) is 0. The van der Waals surface area contributed by atoms with Crippen LogP contribution in [0.4, 0.5) is 0 Å². The second kappa shape index (κ2) is 19.0. The van der Waals surface area contributed by atoms with Crippen LogP contribution in [0.25, 0.3) is 0 Å². The lowest BCUT2D eigenvalue weighted by atomic mass is 10.1. The molecule has 1 aliphatic rings. The zero-order valence-corrected chi connectivity index (χ0v) is 19.7. The Labute approximate surface area is 182 Å². The van der Waals surface area contributed by atoms with Gasteiger partial charge in [0.1, 0.15) is 0 Å². The molecule has 0 spiro atoms. The van der Waals surface area contributed by atoms with Gasteiger partial charge in [0.2, 0.25) is 0 Å². The molecule has 0 aromatic heterocycles. The van der Waals surface area contributed by atoms with Gasteiger partial charge in [-0.15, -0.1) is 69.6 Å². The van der Waals surface area contributed by atoms with E-state index in [0.29, 0.717) is 30.2 Å². The normalized spacial score (nSPS) is 21.6. The number of halogens is 6. The summed E-state index contributed by atoms with van der Waals surface area (Å²) in [6.45, 7) is 5.52. The fraction of sp³-hybridized carbons (Fsp3) is 1.00. The van der Waals surface area contributed by atoms with Gasteiger partial charge in [-0.05, 0) is 12.3 Å². The molecule has 6 unspecified atom stereocenters. The average Bonchev–Trinajstić information content (AvgIpc) is 3.47. The Kier molecular flexibility index (Phi) is 21.9. The first-order valence-electron chi connectivity index (χ1n) is 8.06. The van der Waals surface area contributed by atoms with Crippen LogP contribution in [0.5, 0.6) is 0 Å². The van der Waals surface area contributed by atoms with E-state index in [4.69, 9.17) is 83.8 Å². The van der Waals surface area contributed by atoms with Gasteiger partial charge in [-0.1, -0.05) is 13.8 Å². The number of rotatable bonds is 10. The monoisotopic (exact) mass is 480 g/mol. The van der Waals surface area contributed by atoms with Crippen molar-refractivity contribution in [2.24, 2.45) is 5.92 Å². The Balaban J connectivity index is 0. The molecule has 1 heterocycles. The van der Waals surface area contributed by atoms with Gasteiger partial charge in [-0.25, -0.2) is 0 Å². The van der Waals surface area contributed by atoms with Gasteiger partial charge in [-0.3, -0.25) is 0 Å². The van der Waals surface area contributed by atoms with E-state index in [1.807, 2.05) is 13.8 Å². The number of ether oxygens (including phenoxy) is 3. The zero-order chi connectivity index (χ0) is 19.8. The first-order valence-corrected chi connectivity index (χ1v) is 11.0. The molecule has 1 aliphatic heterocycles. The molecular weight excluding hydrogens is 453 g/mol. The highest BCUT2D eigenvalue weighted by Crippen LogP contribution is 2.19. The molecule has 6 atom stereocenters. The van der Waals surface area contributed by atoms with Crippen molar-refractivity contribution in [2.45, 2.75) is 48.6 Å². The summed E-state index contributed by atoms with van der Waals surface area (Å²) in [4.78, 5) is 0. The molecule has 0 amide bonds. The molecule has 25 heavy (non-hydrogen) atoms. The number of methoxy groups -OCH3 is 2. The SMILES string of the molecule is CCC(OC)C(Cl)CCl.COCC(C)C(Cl)CCl.ClCC(Cl)C1CO1. The van der Waals surface area contributed by atoms with Crippen LogP contribution in [-0.4, -0.2) is 73.4 Å². The van der Waals surface area contributed by atoms with E-state index < -0.39 is 0 Å². The molecule has 0 aliphatic carbocycles. The minimum Gasteiger partial charge on any atom is -0.384 e. The maximum Gasteiger partial charge on any atom is 0.0984 e. The smallest absolute Gasteiger partial charge is 0.0984 e. The number of hydrogen-bond acceptors (Lipinski definition) is 3. The standard InChI is InChI=1S/2C6H12Cl2O.C4H6Cl2O/c1-5(4-9-2)6(8)3-7;1-3-6(9-2)5(8)4-7;5-1-3(6)4-2-7-4/h2*5-6H,3-4H2,1-2H3;3-4H,1-2H2. The summed E-state index contributed by atoms with van der Waals surface area (Å²) in [5.41, 5.74) is 0. The molecule has 0 aromatic carbocycles. The molecule has 0 aromatic rings. The van der Waals surface area contributed by atoms with Crippen molar-refractivity contribution in [1.29, 1.82) is 0 Å². The summed E-state index contributed by atoms with van der Waals surface area (Å²) in [5.74, 6) is 1.78. The Morgan fingerprint density at radius 2 is 1.52 bits per heavy atom. The van der Waals surface area contributed by atoms with Gasteiger partial charge >= 0.3 is 0 Å². The molecular formula is C16H30Cl6O3. The highest BCUT2D eigenvalue weighted by atomic mass is 35.5. The van der Waals surface area contributed by atoms with E-state index in [1.54, 1.807) is 14.2 Å². The van der Waals surface area contributed by atoms with Crippen molar-refractivity contribution in [3.8, 4) is 0 Å². The van der Waals surface area contributed by atoms with Gasteiger partial charge in [0.15, 0.2) is 0 Å². The second-order valence-electron chi connectivity index (χ2n) is 5.50.